The first-order valence-corrected chi connectivity index (χ1v) is 6.34. The first-order chi connectivity index (χ1) is 10.2. The second-order valence-corrected chi connectivity index (χ2v) is 4.58. The summed E-state index contributed by atoms with van der Waals surface area (Å²) < 4.78 is 1.61. The number of pyridine rings is 1. The van der Waals surface area contributed by atoms with Crippen molar-refractivity contribution >= 4 is 28.2 Å². The van der Waals surface area contributed by atoms with Gasteiger partial charge < -0.3 is 10.7 Å². The van der Waals surface area contributed by atoms with Crippen LogP contribution in [0.3, 0.4) is 0 Å². The maximum Gasteiger partial charge on any atom is 0.274 e. The van der Waals surface area contributed by atoms with Crippen molar-refractivity contribution in [1.82, 2.24) is 14.8 Å². The van der Waals surface area contributed by atoms with Crippen LogP contribution in [0.5, 0.6) is 0 Å². The zero-order valence-corrected chi connectivity index (χ0v) is 11.4. The number of anilines is 2. The number of nitrogens with zero attached hydrogens (tertiary/aromatic N) is 3. The van der Waals surface area contributed by atoms with E-state index in [9.17, 15) is 4.79 Å². The Kier molecular flexibility index (Phi) is 3.25. The lowest BCUT2D eigenvalue weighted by Gasteiger charge is -2.08. The van der Waals surface area contributed by atoms with Gasteiger partial charge in [-0.1, -0.05) is 24.3 Å². The fraction of sp³-hybridized carbons (Fsp3) is 0.0714. The van der Waals surface area contributed by atoms with Crippen molar-refractivity contribution in [2.45, 2.75) is 0 Å². The van der Waals surface area contributed by atoms with Crippen molar-refractivity contribution in [2.24, 2.45) is 12.9 Å². The standard InChI is InChI=1S/C14H14N6O/c1-20-8-10(7-16-20)17-14(21)12-6-9-4-2-3-5-11(9)13(18-12)19-15/h2-8H,15H2,1H3,(H,17,21)(H,18,19). The minimum atomic E-state index is -0.315. The van der Waals surface area contributed by atoms with Gasteiger partial charge in [-0.15, -0.1) is 0 Å². The third-order valence-electron chi connectivity index (χ3n) is 3.07. The van der Waals surface area contributed by atoms with Crippen LogP contribution < -0.4 is 16.6 Å². The Morgan fingerprint density at radius 1 is 1.33 bits per heavy atom. The number of benzene rings is 1. The number of nitrogen functional groups attached to an aromatic ring is 1. The van der Waals surface area contributed by atoms with Gasteiger partial charge in [0.25, 0.3) is 5.91 Å². The van der Waals surface area contributed by atoms with Crippen LogP contribution >= 0.6 is 0 Å². The van der Waals surface area contributed by atoms with E-state index in [4.69, 9.17) is 5.84 Å². The molecular formula is C14H14N6O. The van der Waals surface area contributed by atoms with Crippen molar-refractivity contribution in [2.75, 3.05) is 10.7 Å². The molecule has 0 bridgehead atoms. The first kappa shape index (κ1) is 13.1. The van der Waals surface area contributed by atoms with Crippen molar-refractivity contribution in [3.05, 3.63) is 48.4 Å². The van der Waals surface area contributed by atoms with Crippen molar-refractivity contribution in [1.29, 1.82) is 0 Å². The first-order valence-electron chi connectivity index (χ1n) is 6.34. The van der Waals surface area contributed by atoms with Crippen molar-refractivity contribution < 1.29 is 4.79 Å². The molecule has 2 aromatic heterocycles. The Morgan fingerprint density at radius 2 is 2.14 bits per heavy atom. The summed E-state index contributed by atoms with van der Waals surface area (Å²) >= 11 is 0. The fourth-order valence-corrected chi connectivity index (χ4v) is 2.11. The summed E-state index contributed by atoms with van der Waals surface area (Å²) in [6, 6.07) is 9.30. The summed E-state index contributed by atoms with van der Waals surface area (Å²) in [5.41, 5.74) is 3.42. The predicted molar refractivity (Wildman–Crippen MR) is 80.7 cm³/mol. The van der Waals surface area contributed by atoms with E-state index in [2.05, 4.69) is 20.8 Å². The van der Waals surface area contributed by atoms with E-state index in [1.54, 1.807) is 30.2 Å². The molecule has 1 aromatic carbocycles. The molecule has 106 valence electrons. The molecule has 3 rings (SSSR count). The maximum atomic E-state index is 12.3. The van der Waals surface area contributed by atoms with Gasteiger partial charge in [-0.2, -0.15) is 5.10 Å². The molecule has 7 heteroatoms. The SMILES string of the molecule is Cn1cc(NC(=O)c2cc3ccccc3c(NN)n2)cn1. The Bertz CT molecular complexity index is 810. The van der Waals surface area contributed by atoms with Crippen LogP contribution in [-0.2, 0) is 7.05 Å². The molecule has 0 atom stereocenters. The van der Waals surface area contributed by atoms with Crippen LogP contribution in [0, 0.1) is 0 Å². The largest absolute Gasteiger partial charge is 0.318 e. The molecule has 0 aliphatic heterocycles. The van der Waals surface area contributed by atoms with Gasteiger partial charge in [-0.25, -0.2) is 10.8 Å². The molecule has 0 saturated heterocycles. The number of carbonyl (C=O) groups excluding carboxylic acids is 1. The number of nitrogens with one attached hydrogen (secondary N) is 2. The van der Waals surface area contributed by atoms with Crippen LogP contribution in [0.25, 0.3) is 10.8 Å². The molecule has 0 spiro atoms. The Hall–Kier alpha value is -2.93. The molecule has 0 aliphatic rings. The molecule has 0 radical (unpaired) electrons. The average Bonchev–Trinajstić information content (AvgIpc) is 2.91. The lowest BCUT2D eigenvalue weighted by Crippen LogP contribution is -2.16. The molecule has 7 nitrogen and oxygen atoms in total. The van der Waals surface area contributed by atoms with Gasteiger partial charge in [-0.05, 0) is 11.5 Å². The molecule has 0 unspecified atom stereocenters. The molecule has 1 amide bonds. The van der Waals surface area contributed by atoms with Gasteiger partial charge in [0.1, 0.15) is 11.5 Å². The number of hydrogen-bond donors (Lipinski definition) is 3. The van der Waals surface area contributed by atoms with E-state index in [0.717, 1.165) is 10.8 Å². The van der Waals surface area contributed by atoms with Crippen molar-refractivity contribution in [3.63, 3.8) is 0 Å². The summed E-state index contributed by atoms with van der Waals surface area (Å²) in [6.07, 6.45) is 3.28. The number of fused-ring (bicyclic) bond motifs is 1. The zero-order chi connectivity index (χ0) is 14.8. The summed E-state index contributed by atoms with van der Waals surface area (Å²) in [5.74, 6) is 5.63. The molecular weight excluding hydrogens is 268 g/mol. The number of rotatable bonds is 3. The van der Waals surface area contributed by atoms with E-state index in [-0.39, 0.29) is 11.6 Å². The number of aryl methyl sites for hydroxylation is 1. The second kappa shape index (κ2) is 5.22. The zero-order valence-electron chi connectivity index (χ0n) is 11.4. The van der Waals surface area contributed by atoms with E-state index in [0.29, 0.717) is 11.5 Å². The molecule has 3 aromatic rings. The number of aromatic nitrogens is 3. The van der Waals surface area contributed by atoms with E-state index < -0.39 is 0 Å². The Morgan fingerprint density at radius 3 is 2.86 bits per heavy atom. The number of hydrogen-bond acceptors (Lipinski definition) is 5. The monoisotopic (exact) mass is 282 g/mol. The van der Waals surface area contributed by atoms with Gasteiger partial charge in [-0.3, -0.25) is 9.48 Å². The summed E-state index contributed by atoms with van der Waals surface area (Å²) in [4.78, 5) is 16.5. The second-order valence-electron chi connectivity index (χ2n) is 4.58. The molecule has 0 saturated carbocycles. The molecule has 2 heterocycles. The topological polar surface area (TPSA) is 97.9 Å². The number of nitrogens with two attached hydrogens (primary N) is 1. The number of hydrazine groups is 1. The summed E-state index contributed by atoms with van der Waals surface area (Å²) in [5, 5.41) is 8.48. The molecule has 0 fully saturated rings. The normalized spacial score (nSPS) is 10.6. The quantitative estimate of drug-likeness (QED) is 0.499. The van der Waals surface area contributed by atoms with E-state index in [1.807, 2.05) is 24.3 Å². The van der Waals surface area contributed by atoms with Gasteiger partial charge in [0.05, 0.1) is 11.9 Å². The minimum absolute atomic E-state index is 0.283. The van der Waals surface area contributed by atoms with Crippen molar-refractivity contribution in [3.8, 4) is 0 Å². The van der Waals surface area contributed by atoms with E-state index >= 15 is 0 Å². The van der Waals surface area contributed by atoms with Gasteiger partial charge in [0.15, 0.2) is 0 Å². The Labute approximate surface area is 120 Å². The molecule has 21 heavy (non-hydrogen) atoms. The van der Waals surface area contributed by atoms with E-state index in [1.165, 1.54) is 0 Å². The van der Waals surface area contributed by atoms with Crippen LogP contribution in [0.2, 0.25) is 0 Å². The maximum absolute atomic E-state index is 12.3. The third kappa shape index (κ3) is 2.54. The highest BCUT2D eigenvalue weighted by Gasteiger charge is 2.12. The highest BCUT2D eigenvalue weighted by molar-refractivity contribution is 6.06. The fourth-order valence-electron chi connectivity index (χ4n) is 2.11. The molecule has 0 aliphatic carbocycles. The molecule has 4 N–H and O–H groups in total. The predicted octanol–water partition coefficient (Wildman–Crippen LogP) is 1.51. The average molecular weight is 282 g/mol. The smallest absolute Gasteiger partial charge is 0.274 e. The van der Waals surface area contributed by atoms with Crippen LogP contribution in [0.4, 0.5) is 11.5 Å². The Balaban J connectivity index is 1.98. The number of amides is 1. The summed E-state index contributed by atoms with van der Waals surface area (Å²) in [7, 11) is 1.78. The van der Waals surface area contributed by atoms with Gasteiger partial charge >= 0.3 is 0 Å². The van der Waals surface area contributed by atoms with Gasteiger partial charge in [0, 0.05) is 18.6 Å². The lowest BCUT2D eigenvalue weighted by atomic mass is 10.1. The lowest BCUT2D eigenvalue weighted by molar-refractivity contribution is 0.102. The third-order valence-corrected chi connectivity index (χ3v) is 3.07. The minimum Gasteiger partial charge on any atom is -0.318 e. The van der Waals surface area contributed by atoms with Crippen LogP contribution in [0.15, 0.2) is 42.7 Å². The highest BCUT2D eigenvalue weighted by atomic mass is 16.1. The number of carbonyl (C=O) groups is 1. The highest BCUT2D eigenvalue weighted by Crippen LogP contribution is 2.22. The van der Waals surface area contributed by atoms with Gasteiger partial charge in [0.2, 0.25) is 0 Å². The van der Waals surface area contributed by atoms with Crippen LogP contribution in [-0.4, -0.2) is 20.7 Å². The van der Waals surface area contributed by atoms with Crippen LogP contribution in [0.1, 0.15) is 10.5 Å². The summed E-state index contributed by atoms with van der Waals surface area (Å²) in [6.45, 7) is 0.